The highest BCUT2D eigenvalue weighted by Crippen LogP contribution is 2.32. The van der Waals surface area contributed by atoms with Crippen molar-refractivity contribution < 1.29 is 17.9 Å². The summed E-state index contributed by atoms with van der Waals surface area (Å²) in [5.74, 6) is -0.271. The van der Waals surface area contributed by atoms with E-state index in [-0.39, 0.29) is 10.6 Å². The first-order valence-electron chi connectivity index (χ1n) is 12.4. The maximum Gasteiger partial charge on any atom is 0.264 e. The van der Waals surface area contributed by atoms with Crippen LogP contribution in [0.1, 0.15) is 28.1 Å². The van der Waals surface area contributed by atoms with Crippen molar-refractivity contribution >= 4 is 27.8 Å². The Labute approximate surface area is 229 Å². The number of hydrazone groups is 1. The summed E-state index contributed by atoms with van der Waals surface area (Å²) >= 11 is 0. The lowest BCUT2D eigenvalue weighted by Crippen LogP contribution is -2.39. The molecule has 39 heavy (non-hydrogen) atoms. The van der Waals surface area contributed by atoms with Gasteiger partial charge in [0.05, 0.1) is 23.9 Å². The number of aromatic nitrogens is 1. The summed E-state index contributed by atoms with van der Waals surface area (Å²) < 4.78 is 35.7. The Morgan fingerprint density at radius 3 is 2.36 bits per heavy atom. The maximum atomic E-state index is 13.5. The van der Waals surface area contributed by atoms with Gasteiger partial charge in [0.1, 0.15) is 12.3 Å². The molecule has 0 atom stereocenters. The molecule has 1 amide bonds. The molecule has 4 aromatic rings. The van der Waals surface area contributed by atoms with Crippen LogP contribution in [0.4, 0.5) is 5.69 Å². The normalized spacial score (nSPS) is 11.5. The van der Waals surface area contributed by atoms with Crippen molar-refractivity contribution in [3.8, 4) is 11.4 Å². The third kappa shape index (κ3) is 5.88. The molecule has 1 aromatic heterocycles. The summed E-state index contributed by atoms with van der Waals surface area (Å²) in [5.41, 5.74) is 9.01. The molecule has 0 saturated carbocycles. The molecule has 3 aromatic carbocycles. The second-order valence-electron chi connectivity index (χ2n) is 9.24. The molecule has 4 rings (SSSR count). The van der Waals surface area contributed by atoms with Gasteiger partial charge in [-0.3, -0.25) is 9.10 Å². The average Bonchev–Trinajstić information content (AvgIpc) is 3.20. The number of sulfonamides is 1. The maximum absolute atomic E-state index is 13.5. The van der Waals surface area contributed by atoms with E-state index in [2.05, 4.69) is 47.1 Å². The van der Waals surface area contributed by atoms with Gasteiger partial charge in [0, 0.05) is 22.6 Å². The third-order valence-electron chi connectivity index (χ3n) is 6.43. The second-order valence-corrected chi connectivity index (χ2v) is 11.1. The number of hydrogen-bond donors (Lipinski definition) is 1. The smallest absolute Gasteiger partial charge is 0.264 e. The molecule has 0 aliphatic heterocycles. The fourth-order valence-electron chi connectivity index (χ4n) is 4.54. The molecule has 8 nitrogen and oxygen atoms in total. The van der Waals surface area contributed by atoms with Crippen molar-refractivity contribution in [1.82, 2.24) is 9.99 Å². The lowest BCUT2D eigenvalue weighted by atomic mass is 10.1. The predicted molar refractivity (Wildman–Crippen MR) is 154 cm³/mol. The molecule has 0 bridgehead atoms. The van der Waals surface area contributed by atoms with E-state index in [1.54, 1.807) is 48.7 Å². The van der Waals surface area contributed by atoms with E-state index in [4.69, 9.17) is 4.74 Å². The number of nitrogens with zero attached hydrogens (tertiary/aromatic N) is 3. The number of para-hydroxylation sites is 2. The van der Waals surface area contributed by atoms with Crippen LogP contribution in [0.5, 0.6) is 5.75 Å². The van der Waals surface area contributed by atoms with Crippen molar-refractivity contribution in [3.63, 3.8) is 0 Å². The van der Waals surface area contributed by atoms with Gasteiger partial charge < -0.3 is 9.30 Å². The molecule has 0 saturated heterocycles. The number of methoxy groups -OCH3 is 1. The van der Waals surface area contributed by atoms with Gasteiger partial charge in [0.25, 0.3) is 15.9 Å². The van der Waals surface area contributed by atoms with Gasteiger partial charge >= 0.3 is 0 Å². The Bertz CT molecular complexity index is 1630. The van der Waals surface area contributed by atoms with E-state index in [1.807, 2.05) is 19.9 Å². The molecule has 0 unspecified atom stereocenters. The number of carbonyl (C=O) groups is 1. The van der Waals surface area contributed by atoms with Crippen LogP contribution in [-0.4, -0.2) is 38.8 Å². The van der Waals surface area contributed by atoms with E-state index in [9.17, 15) is 13.2 Å². The molecule has 0 fully saturated rings. The fourth-order valence-corrected chi connectivity index (χ4v) is 5.99. The minimum absolute atomic E-state index is 0.0612. The zero-order valence-corrected chi connectivity index (χ0v) is 23.5. The van der Waals surface area contributed by atoms with Crippen molar-refractivity contribution in [2.24, 2.45) is 5.10 Å². The highest BCUT2D eigenvalue weighted by atomic mass is 32.2. The molecule has 1 heterocycles. The number of aryl methyl sites for hydroxylation is 3. The monoisotopic (exact) mass is 544 g/mol. The Morgan fingerprint density at radius 1 is 0.974 bits per heavy atom. The van der Waals surface area contributed by atoms with Gasteiger partial charge in [0.2, 0.25) is 0 Å². The van der Waals surface area contributed by atoms with Crippen molar-refractivity contribution in [1.29, 1.82) is 0 Å². The van der Waals surface area contributed by atoms with Crippen molar-refractivity contribution in [2.75, 3.05) is 18.0 Å². The molecular formula is C30H32N4O4S. The quantitative estimate of drug-likeness (QED) is 0.235. The summed E-state index contributed by atoms with van der Waals surface area (Å²) in [5, 5.41) is 4.14. The lowest BCUT2D eigenvalue weighted by molar-refractivity contribution is -0.119. The van der Waals surface area contributed by atoms with Gasteiger partial charge in [-0.15, -0.1) is 0 Å². The molecule has 202 valence electrons. The summed E-state index contributed by atoms with van der Waals surface area (Å²) in [6, 6.07) is 22.9. The molecular weight excluding hydrogens is 512 g/mol. The number of ether oxygens (including phenoxy) is 1. The molecule has 9 heteroatoms. The summed E-state index contributed by atoms with van der Waals surface area (Å²) in [6.07, 6.45) is 1.57. The van der Waals surface area contributed by atoms with E-state index in [1.165, 1.54) is 24.8 Å². The first-order chi connectivity index (χ1) is 18.6. The Balaban J connectivity index is 1.58. The molecule has 0 aliphatic carbocycles. The van der Waals surface area contributed by atoms with Crippen LogP contribution in [0.3, 0.4) is 0 Å². The van der Waals surface area contributed by atoms with Gasteiger partial charge in [0.15, 0.2) is 0 Å². The van der Waals surface area contributed by atoms with Crippen molar-refractivity contribution in [2.45, 2.75) is 32.6 Å². The Morgan fingerprint density at radius 2 is 1.67 bits per heavy atom. The van der Waals surface area contributed by atoms with Crippen LogP contribution in [0, 0.1) is 27.7 Å². The van der Waals surface area contributed by atoms with Gasteiger partial charge in [-0.25, -0.2) is 13.8 Å². The van der Waals surface area contributed by atoms with Crippen LogP contribution < -0.4 is 14.5 Å². The minimum atomic E-state index is -4.07. The van der Waals surface area contributed by atoms with Crippen molar-refractivity contribution in [3.05, 3.63) is 107 Å². The summed E-state index contributed by atoms with van der Waals surface area (Å²) in [4.78, 5) is 13.0. The van der Waals surface area contributed by atoms with E-state index in [0.717, 1.165) is 32.5 Å². The zero-order chi connectivity index (χ0) is 28.2. The van der Waals surface area contributed by atoms with Crippen LogP contribution in [0.25, 0.3) is 5.69 Å². The Hall–Kier alpha value is -4.37. The van der Waals surface area contributed by atoms with E-state index in [0.29, 0.717) is 5.75 Å². The van der Waals surface area contributed by atoms with E-state index < -0.39 is 22.5 Å². The number of anilines is 1. The number of amides is 1. The van der Waals surface area contributed by atoms with E-state index >= 15 is 0 Å². The van der Waals surface area contributed by atoms with Crippen LogP contribution in [-0.2, 0) is 14.8 Å². The molecule has 0 spiro atoms. The highest BCUT2D eigenvalue weighted by Gasteiger charge is 2.29. The topological polar surface area (TPSA) is 93.0 Å². The van der Waals surface area contributed by atoms with Gasteiger partial charge in [-0.2, -0.15) is 5.10 Å². The predicted octanol–water partition coefficient (Wildman–Crippen LogP) is 5.07. The standard InChI is InChI=1S/C30H32N4O4S/c1-21-15-16-27(22(2)17-21)34-23(3)18-25(24(34)4)19-31-32-30(35)20-33(28-13-9-10-14-29(28)38-5)39(36,37)26-11-7-6-8-12-26/h6-19H,20H2,1-5H3,(H,32,35)/b31-19-. The van der Waals surface area contributed by atoms with Crippen LogP contribution in [0.15, 0.2) is 88.9 Å². The number of hydrogen-bond acceptors (Lipinski definition) is 5. The van der Waals surface area contributed by atoms with Crippen LogP contribution in [0.2, 0.25) is 0 Å². The molecule has 1 N–H and O–H groups in total. The average molecular weight is 545 g/mol. The number of benzene rings is 3. The summed E-state index contributed by atoms with van der Waals surface area (Å²) in [6.45, 7) is 7.66. The minimum Gasteiger partial charge on any atom is -0.495 e. The molecule has 0 aliphatic rings. The molecule has 0 radical (unpaired) electrons. The number of rotatable bonds is 9. The third-order valence-corrected chi connectivity index (χ3v) is 8.20. The fraction of sp³-hybridized carbons (Fsp3) is 0.200. The van der Waals surface area contributed by atoms with Gasteiger partial charge in [-0.05, 0) is 69.7 Å². The highest BCUT2D eigenvalue weighted by molar-refractivity contribution is 7.92. The summed E-state index contributed by atoms with van der Waals surface area (Å²) in [7, 11) is -2.62. The van der Waals surface area contributed by atoms with Crippen LogP contribution >= 0.6 is 0 Å². The second kappa shape index (κ2) is 11.6. The first kappa shape index (κ1) is 27.7. The first-order valence-corrected chi connectivity index (χ1v) is 13.9. The largest absolute Gasteiger partial charge is 0.495 e. The zero-order valence-electron chi connectivity index (χ0n) is 22.7. The lowest BCUT2D eigenvalue weighted by Gasteiger charge is -2.25. The SMILES string of the molecule is COc1ccccc1N(CC(=O)N/N=C\c1cc(C)n(-c2ccc(C)cc2C)c1C)S(=O)(=O)c1ccccc1. The Kier molecular flexibility index (Phi) is 8.21. The number of carbonyl (C=O) groups excluding carboxylic acids is 1. The number of nitrogens with one attached hydrogen (secondary N) is 1. The van der Waals surface area contributed by atoms with Gasteiger partial charge in [-0.1, -0.05) is 48.0 Å².